The van der Waals surface area contributed by atoms with Crippen molar-refractivity contribution in [3.8, 4) is 17.1 Å². The molecule has 0 bridgehead atoms. The van der Waals surface area contributed by atoms with E-state index in [2.05, 4.69) is 64.6 Å². The first-order chi connectivity index (χ1) is 17.2. The summed E-state index contributed by atoms with van der Waals surface area (Å²) < 4.78 is 18.5. The van der Waals surface area contributed by atoms with Crippen LogP contribution < -0.4 is 4.74 Å². The standard InChI is InChI=1S/C32H40O4/c1-7-9-10-11-22-12-15-26(23(8-2)18-22)28-19-24-13-14-25(20-27(24)35-28)34-29-16-17-30(32(29,5)6)36-31(33)21(3)4/h12-15,18-20,29-30H,3,7-11,16-17H2,1-2,4-6H3. The minimum atomic E-state index is -0.335. The smallest absolute Gasteiger partial charge is 0.333 e. The summed E-state index contributed by atoms with van der Waals surface area (Å²) in [7, 11) is 0. The van der Waals surface area contributed by atoms with E-state index in [1.54, 1.807) is 6.92 Å². The van der Waals surface area contributed by atoms with Crippen LogP contribution in [0.25, 0.3) is 22.3 Å². The van der Waals surface area contributed by atoms with Gasteiger partial charge in [-0.3, -0.25) is 0 Å². The van der Waals surface area contributed by atoms with Crippen molar-refractivity contribution in [1.82, 2.24) is 0 Å². The molecule has 0 amide bonds. The molecule has 0 radical (unpaired) electrons. The Morgan fingerprint density at radius 1 is 1.06 bits per heavy atom. The second-order valence-corrected chi connectivity index (χ2v) is 10.8. The first kappa shape index (κ1) is 26.1. The third-order valence-electron chi connectivity index (χ3n) is 7.60. The molecule has 1 aromatic heterocycles. The van der Waals surface area contributed by atoms with Crippen molar-refractivity contribution in [3.63, 3.8) is 0 Å². The van der Waals surface area contributed by atoms with Crippen molar-refractivity contribution in [1.29, 1.82) is 0 Å². The summed E-state index contributed by atoms with van der Waals surface area (Å²) in [5.41, 5.74) is 4.83. The average molecular weight is 489 g/mol. The van der Waals surface area contributed by atoms with E-state index in [0.717, 1.165) is 53.7 Å². The van der Waals surface area contributed by atoms with Crippen LogP contribution in [0, 0.1) is 5.41 Å². The van der Waals surface area contributed by atoms with Gasteiger partial charge >= 0.3 is 5.97 Å². The van der Waals surface area contributed by atoms with Crippen LogP contribution in [0.15, 0.2) is 59.0 Å². The molecule has 1 aliphatic rings. The van der Waals surface area contributed by atoms with Gasteiger partial charge in [-0.2, -0.15) is 0 Å². The highest BCUT2D eigenvalue weighted by Crippen LogP contribution is 2.43. The maximum Gasteiger partial charge on any atom is 0.333 e. The number of fused-ring (bicyclic) bond motifs is 1. The minimum absolute atomic E-state index is 0.0562. The molecule has 0 spiro atoms. The lowest BCUT2D eigenvalue weighted by Crippen LogP contribution is -2.38. The largest absolute Gasteiger partial charge is 0.490 e. The third-order valence-corrected chi connectivity index (χ3v) is 7.60. The van der Waals surface area contributed by atoms with Gasteiger partial charge in [0.15, 0.2) is 0 Å². The van der Waals surface area contributed by atoms with Gasteiger partial charge < -0.3 is 13.9 Å². The van der Waals surface area contributed by atoms with Crippen LogP contribution in [-0.2, 0) is 22.4 Å². The Morgan fingerprint density at radius 3 is 2.56 bits per heavy atom. The zero-order valence-corrected chi connectivity index (χ0v) is 22.5. The average Bonchev–Trinajstić information content (AvgIpc) is 3.39. The molecule has 2 aromatic carbocycles. The van der Waals surface area contributed by atoms with E-state index < -0.39 is 0 Å². The molecular formula is C32H40O4. The summed E-state index contributed by atoms with van der Waals surface area (Å²) in [5, 5.41) is 1.06. The van der Waals surface area contributed by atoms with E-state index in [0.29, 0.717) is 5.57 Å². The summed E-state index contributed by atoms with van der Waals surface area (Å²) in [6.45, 7) is 14.0. The quantitative estimate of drug-likeness (QED) is 0.163. The monoisotopic (exact) mass is 488 g/mol. The topological polar surface area (TPSA) is 48.7 Å². The molecule has 1 saturated carbocycles. The second-order valence-electron chi connectivity index (χ2n) is 10.8. The fourth-order valence-electron chi connectivity index (χ4n) is 5.20. The SMILES string of the molecule is C=C(C)C(=O)OC1CCC(Oc2ccc3cc(-c4ccc(CCCCC)cc4CC)oc3c2)C1(C)C. The van der Waals surface area contributed by atoms with Gasteiger partial charge in [0.25, 0.3) is 0 Å². The van der Waals surface area contributed by atoms with Gasteiger partial charge in [0.05, 0.1) is 0 Å². The van der Waals surface area contributed by atoms with Crippen LogP contribution in [0.2, 0.25) is 0 Å². The second kappa shape index (κ2) is 10.9. The summed E-state index contributed by atoms with van der Waals surface area (Å²) in [6.07, 6.45) is 7.21. The number of rotatable bonds is 10. The van der Waals surface area contributed by atoms with E-state index in [9.17, 15) is 4.79 Å². The zero-order chi connectivity index (χ0) is 25.9. The molecule has 0 aliphatic heterocycles. The molecule has 1 aliphatic carbocycles. The predicted molar refractivity (Wildman–Crippen MR) is 146 cm³/mol. The molecule has 4 nitrogen and oxygen atoms in total. The summed E-state index contributed by atoms with van der Waals surface area (Å²) in [6, 6.07) is 15.0. The number of unbranched alkanes of at least 4 members (excludes halogenated alkanes) is 2. The number of ether oxygens (including phenoxy) is 2. The van der Waals surface area contributed by atoms with E-state index in [4.69, 9.17) is 13.9 Å². The lowest BCUT2D eigenvalue weighted by molar-refractivity contribution is -0.150. The summed E-state index contributed by atoms with van der Waals surface area (Å²) >= 11 is 0. The Bertz CT molecular complexity index is 1230. The molecule has 2 atom stereocenters. The Hall–Kier alpha value is -3.01. The van der Waals surface area contributed by atoms with Crippen molar-refractivity contribution in [2.45, 2.75) is 91.8 Å². The zero-order valence-electron chi connectivity index (χ0n) is 22.5. The lowest BCUT2D eigenvalue weighted by atomic mass is 9.86. The molecule has 192 valence electrons. The maximum absolute atomic E-state index is 12.1. The van der Waals surface area contributed by atoms with Gasteiger partial charge in [0.1, 0.15) is 29.3 Å². The number of benzene rings is 2. The van der Waals surface area contributed by atoms with Gasteiger partial charge in [0, 0.05) is 28.0 Å². The molecule has 3 aromatic rings. The molecule has 4 rings (SSSR count). The van der Waals surface area contributed by atoms with Gasteiger partial charge in [-0.15, -0.1) is 0 Å². The Labute approximate surface area is 215 Å². The summed E-state index contributed by atoms with van der Waals surface area (Å²) in [4.78, 5) is 12.1. The third kappa shape index (κ3) is 5.53. The van der Waals surface area contributed by atoms with Crippen molar-refractivity contribution >= 4 is 16.9 Å². The van der Waals surface area contributed by atoms with E-state index in [1.807, 2.05) is 12.1 Å². The summed E-state index contributed by atoms with van der Waals surface area (Å²) in [5.74, 6) is 1.33. The number of aryl methyl sites for hydroxylation is 2. The number of esters is 1. The van der Waals surface area contributed by atoms with Crippen molar-refractivity contribution < 1.29 is 18.7 Å². The molecule has 0 N–H and O–H groups in total. The first-order valence-electron chi connectivity index (χ1n) is 13.4. The van der Waals surface area contributed by atoms with Crippen LogP contribution in [0.1, 0.15) is 77.8 Å². The highest BCUT2D eigenvalue weighted by molar-refractivity contribution is 5.87. The van der Waals surface area contributed by atoms with E-state index in [-0.39, 0.29) is 23.6 Å². The molecule has 4 heteroatoms. The number of furan rings is 1. The van der Waals surface area contributed by atoms with E-state index >= 15 is 0 Å². The molecule has 1 heterocycles. The fraction of sp³-hybridized carbons (Fsp3) is 0.469. The van der Waals surface area contributed by atoms with Gasteiger partial charge in [-0.25, -0.2) is 4.79 Å². The van der Waals surface area contributed by atoms with Crippen LogP contribution in [0.3, 0.4) is 0 Å². The van der Waals surface area contributed by atoms with Crippen LogP contribution in [0.4, 0.5) is 0 Å². The number of hydrogen-bond acceptors (Lipinski definition) is 4. The molecule has 2 unspecified atom stereocenters. The fourth-order valence-corrected chi connectivity index (χ4v) is 5.20. The normalized spacial score (nSPS) is 18.9. The van der Waals surface area contributed by atoms with Crippen molar-refractivity contribution in [2.24, 2.45) is 5.41 Å². The van der Waals surface area contributed by atoms with Gasteiger partial charge in [0.2, 0.25) is 0 Å². The van der Waals surface area contributed by atoms with Gasteiger partial charge in [-0.05, 0) is 68.4 Å². The Kier molecular flexibility index (Phi) is 7.92. The maximum atomic E-state index is 12.1. The van der Waals surface area contributed by atoms with E-state index in [1.165, 1.54) is 30.4 Å². The first-order valence-corrected chi connectivity index (χ1v) is 13.4. The minimum Gasteiger partial charge on any atom is -0.490 e. The molecule has 1 fully saturated rings. The van der Waals surface area contributed by atoms with Crippen molar-refractivity contribution in [3.05, 3.63) is 65.7 Å². The molecule has 0 saturated heterocycles. The highest BCUT2D eigenvalue weighted by atomic mass is 16.6. The number of carbonyl (C=O) groups excluding carboxylic acids is 1. The lowest BCUT2D eigenvalue weighted by Gasteiger charge is -2.32. The van der Waals surface area contributed by atoms with Crippen LogP contribution in [-0.4, -0.2) is 18.2 Å². The Morgan fingerprint density at radius 2 is 1.83 bits per heavy atom. The highest BCUT2D eigenvalue weighted by Gasteiger charge is 2.47. The Balaban J connectivity index is 1.51. The number of hydrogen-bond donors (Lipinski definition) is 0. The van der Waals surface area contributed by atoms with Crippen LogP contribution >= 0.6 is 0 Å². The van der Waals surface area contributed by atoms with Crippen LogP contribution in [0.5, 0.6) is 5.75 Å². The van der Waals surface area contributed by atoms with Gasteiger partial charge in [-0.1, -0.05) is 65.3 Å². The predicted octanol–water partition coefficient (Wildman–Crippen LogP) is 8.45. The molecular weight excluding hydrogens is 448 g/mol. The van der Waals surface area contributed by atoms with Crippen molar-refractivity contribution in [2.75, 3.05) is 0 Å². The molecule has 36 heavy (non-hydrogen) atoms. The number of carbonyl (C=O) groups is 1.